The molecule has 1 saturated heterocycles. The van der Waals surface area contributed by atoms with Crippen LogP contribution in [0.5, 0.6) is 0 Å². The fraction of sp³-hybridized carbons (Fsp3) is 0.364. The Hall–Kier alpha value is -2.69. The Labute approximate surface area is 159 Å². The van der Waals surface area contributed by atoms with Crippen molar-refractivity contribution in [2.24, 2.45) is 5.92 Å². The van der Waals surface area contributed by atoms with E-state index in [1.165, 1.54) is 29.8 Å². The van der Waals surface area contributed by atoms with Gasteiger partial charge in [-0.05, 0) is 56.5 Å². The summed E-state index contributed by atoms with van der Waals surface area (Å²) in [4.78, 5) is 26.8. The zero-order valence-corrected chi connectivity index (χ0v) is 15.7. The third-order valence-electron chi connectivity index (χ3n) is 5.18. The van der Waals surface area contributed by atoms with E-state index in [-0.39, 0.29) is 29.6 Å². The van der Waals surface area contributed by atoms with Crippen LogP contribution in [0.1, 0.15) is 47.3 Å². The molecule has 1 fully saturated rings. The lowest BCUT2D eigenvalue weighted by atomic mass is 9.94. The van der Waals surface area contributed by atoms with Crippen LogP contribution in [0, 0.1) is 18.7 Å². The van der Waals surface area contributed by atoms with Crippen LogP contribution >= 0.6 is 0 Å². The summed E-state index contributed by atoms with van der Waals surface area (Å²) in [6.07, 6.45) is 1.28. The van der Waals surface area contributed by atoms with Crippen molar-refractivity contribution in [1.29, 1.82) is 0 Å². The Balaban J connectivity index is 1.52. The molecule has 0 spiro atoms. The maximum Gasteiger partial charge on any atom is 0.253 e. The third kappa shape index (κ3) is 4.73. The van der Waals surface area contributed by atoms with Crippen LogP contribution < -0.4 is 5.32 Å². The highest BCUT2D eigenvalue weighted by molar-refractivity contribution is 5.94. The highest BCUT2D eigenvalue weighted by atomic mass is 19.1. The average molecular weight is 368 g/mol. The first-order valence-corrected chi connectivity index (χ1v) is 9.36. The molecule has 27 heavy (non-hydrogen) atoms. The molecule has 2 amide bonds. The molecular weight excluding hydrogens is 343 g/mol. The van der Waals surface area contributed by atoms with Gasteiger partial charge in [-0.3, -0.25) is 9.59 Å². The van der Waals surface area contributed by atoms with E-state index in [0.717, 1.165) is 5.56 Å². The van der Waals surface area contributed by atoms with Crippen molar-refractivity contribution in [3.8, 4) is 0 Å². The van der Waals surface area contributed by atoms with Gasteiger partial charge in [0.05, 0.1) is 6.04 Å². The number of likely N-dealkylation sites (tertiary alicyclic amines) is 1. The van der Waals surface area contributed by atoms with Crippen molar-refractivity contribution in [3.63, 3.8) is 0 Å². The Morgan fingerprint density at radius 3 is 2.22 bits per heavy atom. The SMILES string of the molecule is Cc1ccc(C(C)NC(=O)C2CCN(C(=O)c3ccc(F)cc3)CC2)cc1. The number of hydrogen-bond acceptors (Lipinski definition) is 2. The number of piperidine rings is 1. The van der Waals surface area contributed by atoms with Crippen molar-refractivity contribution >= 4 is 11.8 Å². The van der Waals surface area contributed by atoms with Gasteiger partial charge in [0.2, 0.25) is 5.91 Å². The molecule has 1 unspecified atom stereocenters. The van der Waals surface area contributed by atoms with Crippen LogP contribution in [0.25, 0.3) is 0 Å². The van der Waals surface area contributed by atoms with Crippen molar-refractivity contribution in [1.82, 2.24) is 10.2 Å². The highest BCUT2D eigenvalue weighted by Gasteiger charge is 2.28. The van der Waals surface area contributed by atoms with E-state index in [4.69, 9.17) is 0 Å². The quantitative estimate of drug-likeness (QED) is 0.891. The van der Waals surface area contributed by atoms with Crippen molar-refractivity contribution < 1.29 is 14.0 Å². The van der Waals surface area contributed by atoms with Crippen LogP contribution in [0.4, 0.5) is 4.39 Å². The minimum Gasteiger partial charge on any atom is -0.349 e. The highest BCUT2D eigenvalue weighted by Crippen LogP contribution is 2.21. The number of aryl methyl sites for hydroxylation is 1. The first kappa shape index (κ1) is 19.1. The lowest BCUT2D eigenvalue weighted by Crippen LogP contribution is -2.43. The first-order chi connectivity index (χ1) is 12.9. The number of amides is 2. The van der Waals surface area contributed by atoms with E-state index in [0.29, 0.717) is 31.5 Å². The van der Waals surface area contributed by atoms with E-state index >= 15 is 0 Å². The summed E-state index contributed by atoms with van der Waals surface area (Å²) in [7, 11) is 0. The molecule has 0 radical (unpaired) electrons. The second-order valence-electron chi connectivity index (χ2n) is 7.21. The summed E-state index contributed by atoms with van der Waals surface area (Å²) in [5.41, 5.74) is 2.75. The van der Waals surface area contributed by atoms with E-state index < -0.39 is 0 Å². The molecule has 1 aliphatic rings. The molecule has 2 aromatic rings. The maximum atomic E-state index is 13.0. The zero-order valence-electron chi connectivity index (χ0n) is 15.7. The van der Waals surface area contributed by atoms with Gasteiger partial charge in [-0.1, -0.05) is 29.8 Å². The fourth-order valence-corrected chi connectivity index (χ4v) is 3.39. The number of nitrogens with zero attached hydrogens (tertiary/aromatic N) is 1. The number of halogens is 1. The second-order valence-corrected chi connectivity index (χ2v) is 7.21. The van der Waals surface area contributed by atoms with E-state index in [2.05, 4.69) is 5.32 Å². The topological polar surface area (TPSA) is 49.4 Å². The number of rotatable bonds is 4. The molecule has 4 nitrogen and oxygen atoms in total. The van der Waals surface area contributed by atoms with E-state index in [9.17, 15) is 14.0 Å². The van der Waals surface area contributed by atoms with Gasteiger partial charge in [0.15, 0.2) is 0 Å². The largest absolute Gasteiger partial charge is 0.349 e. The molecule has 1 aliphatic heterocycles. The standard InChI is InChI=1S/C22H25FN2O2/c1-15-3-5-17(6-4-15)16(2)24-21(26)18-11-13-25(14-12-18)22(27)19-7-9-20(23)10-8-19/h3-10,16,18H,11-14H2,1-2H3,(H,24,26). The summed E-state index contributed by atoms with van der Waals surface area (Å²) >= 11 is 0. The van der Waals surface area contributed by atoms with Crippen LogP contribution in [0.15, 0.2) is 48.5 Å². The van der Waals surface area contributed by atoms with E-state index in [1.54, 1.807) is 4.90 Å². The minimum absolute atomic E-state index is 0.0388. The Morgan fingerprint density at radius 1 is 1.04 bits per heavy atom. The summed E-state index contributed by atoms with van der Waals surface area (Å²) in [6.45, 7) is 5.09. The molecule has 1 heterocycles. The van der Waals surface area contributed by atoms with Gasteiger partial charge in [-0.15, -0.1) is 0 Å². The predicted octanol–water partition coefficient (Wildman–Crippen LogP) is 3.86. The van der Waals surface area contributed by atoms with Crippen molar-refractivity contribution in [3.05, 3.63) is 71.0 Å². The van der Waals surface area contributed by atoms with Crippen LogP contribution in [0.3, 0.4) is 0 Å². The van der Waals surface area contributed by atoms with Gasteiger partial charge in [0.1, 0.15) is 5.82 Å². The van der Waals surface area contributed by atoms with Gasteiger partial charge in [-0.25, -0.2) is 4.39 Å². The number of benzene rings is 2. The fourth-order valence-electron chi connectivity index (χ4n) is 3.39. The summed E-state index contributed by atoms with van der Waals surface area (Å²) in [6, 6.07) is 13.7. The zero-order chi connectivity index (χ0) is 19.4. The van der Waals surface area contributed by atoms with Gasteiger partial charge in [-0.2, -0.15) is 0 Å². The molecule has 1 N–H and O–H groups in total. The molecule has 5 heteroatoms. The molecule has 0 aromatic heterocycles. The smallest absolute Gasteiger partial charge is 0.253 e. The molecule has 0 saturated carbocycles. The molecular formula is C22H25FN2O2. The second kappa shape index (κ2) is 8.33. The van der Waals surface area contributed by atoms with Gasteiger partial charge >= 0.3 is 0 Å². The molecule has 0 bridgehead atoms. The number of carbonyl (C=O) groups excluding carboxylic acids is 2. The Morgan fingerprint density at radius 2 is 1.63 bits per heavy atom. The lowest BCUT2D eigenvalue weighted by molar-refractivity contribution is -0.126. The lowest BCUT2D eigenvalue weighted by Gasteiger charge is -2.32. The number of nitrogens with one attached hydrogen (secondary N) is 1. The van der Waals surface area contributed by atoms with Crippen molar-refractivity contribution in [2.75, 3.05) is 13.1 Å². The molecule has 142 valence electrons. The molecule has 1 atom stereocenters. The molecule has 2 aromatic carbocycles. The van der Waals surface area contributed by atoms with Gasteiger partial charge in [0, 0.05) is 24.6 Å². The summed E-state index contributed by atoms with van der Waals surface area (Å²) < 4.78 is 13.0. The average Bonchev–Trinajstić information content (AvgIpc) is 2.68. The van der Waals surface area contributed by atoms with Gasteiger partial charge in [0.25, 0.3) is 5.91 Å². The normalized spacial score (nSPS) is 16.0. The number of hydrogen-bond donors (Lipinski definition) is 1. The Kier molecular flexibility index (Phi) is 5.89. The van der Waals surface area contributed by atoms with Crippen LogP contribution in [-0.4, -0.2) is 29.8 Å². The Bertz CT molecular complexity index is 794. The monoisotopic (exact) mass is 368 g/mol. The first-order valence-electron chi connectivity index (χ1n) is 9.36. The molecule has 0 aliphatic carbocycles. The molecule has 3 rings (SSSR count). The summed E-state index contributed by atoms with van der Waals surface area (Å²) in [5.74, 6) is -0.515. The van der Waals surface area contributed by atoms with Crippen LogP contribution in [0.2, 0.25) is 0 Å². The maximum absolute atomic E-state index is 13.0. The van der Waals surface area contributed by atoms with E-state index in [1.807, 2.05) is 38.1 Å². The summed E-state index contributed by atoms with van der Waals surface area (Å²) in [5, 5.41) is 3.08. The van der Waals surface area contributed by atoms with Crippen LogP contribution in [-0.2, 0) is 4.79 Å². The minimum atomic E-state index is -0.357. The third-order valence-corrected chi connectivity index (χ3v) is 5.18. The van der Waals surface area contributed by atoms with Gasteiger partial charge < -0.3 is 10.2 Å². The number of carbonyl (C=O) groups is 2. The predicted molar refractivity (Wildman–Crippen MR) is 103 cm³/mol. The van der Waals surface area contributed by atoms with Crippen molar-refractivity contribution in [2.45, 2.75) is 32.7 Å².